The molecule has 2 aliphatic rings. The minimum atomic E-state index is -0.540. The molecule has 0 radical (unpaired) electrons. The van der Waals surface area contributed by atoms with Crippen LogP contribution >= 0.6 is 23.2 Å². The molecule has 1 aliphatic carbocycles. The zero-order valence-corrected chi connectivity index (χ0v) is 14.7. The van der Waals surface area contributed by atoms with Crippen molar-refractivity contribution in [2.45, 2.75) is 12.3 Å². The molecule has 2 aromatic rings. The molecule has 1 heterocycles. The van der Waals surface area contributed by atoms with Gasteiger partial charge in [-0.15, -0.1) is 0 Å². The van der Waals surface area contributed by atoms with Gasteiger partial charge in [0.25, 0.3) is 0 Å². The van der Waals surface area contributed by atoms with Crippen LogP contribution in [0, 0.1) is 0 Å². The Kier molecular flexibility index (Phi) is 3.86. The predicted molar refractivity (Wildman–Crippen MR) is 96.1 cm³/mol. The zero-order chi connectivity index (χ0) is 18.6. The maximum Gasteiger partial charge on any atom is 0.204 e. The van der Waals surface area contributed by atoms with E-state index in [0.29, 0.717) is 38.3 Å². The van der Waals surface area contributed by atoms with Gasteiger partial charge in [-0.05, 0) is 23.8 Å². The van der Waals surface area contributed by atoms with Crippen LogP contribution in [0.5, 0.6) is 17.2 Å². The Morgan fingerprint density at radius 1 is 1.04 bits per heavy atom. The highest BCUT2D eigenvalue weighted by Crippen LogP contribution is 2.50. The molecule has 0 saturated carbocycles. The van der Waals surface area contributed by atoms with E-state index in [0.717, 1.165) is 0 Å². The fraction of sp³-hybridized carbons (Fsp3) is 0.105. The number of fused-ring (bicyclic) bond motifs is 1. The second-order valence-electron chi connectivity index (χ2n) is 6.06. The van der Waals surface area contributed by atoms with Crippen LogP contribution in [-0.4, -0.2) is 21.1 Å². The molecule has 4 rings (SSSR count). The Hall–Kier alpha value is -2.63. The lowest BCUT2D eigenvalue weighted by Gasteiger charge is -2.32. The Morgan fingerprint density at radius 2 is 1.77 bits per heavy atom. The number of aliphatic hydroxyl groups excluding tert-OH is 1. The molecule has 1 unspecified atom stereocenters. The number of ketones is 1. The molecule has 0 fully saturated rings. The first kappa shape index (κ1) is 16.8. The lowest BCUT2D eigenvalue weighted by atomic mass is 9.79. The molecule has 3 N–H and O–H groups in total. The highest BCUT2D eigenvalue weighted by Gasteiger charge is 2.36. The molecule has 1 atom stereocenters. The number of aliphatic hydroxyl groups is 1. The van der Waals surface area contributed by atoms with Crippen LogP contribution in [0.15, 0.2) is 53.5 Å². The Balaban J connectivity index is 2.01. The van der Waals surface area contributed by atoms with E-state index >= 15 is 0 Å². The molecule has 0 amide bonds. The standard InChI is InChI=1S/C19H12Cl2O5/c20-11-3-1-2-8(19(11)21)18-9-4-12(22)14(24)6-16(9)26-17-7-15(25)13(23)5-10(17)18/h1-6,18,22-24H,7H2. The van der Waals surface area contributed by atoms with E-state index in [1.807, 2.05) is 0 Å². The SMILES string of the molecule is O=C1CC2=C(C=C1O)C(c1cccc(Cl)c1Cl)c1cc(O)c(O)cc1O2. The van der Waals surface area contributed by atoms with Gasteiger partial charge in [0.2, 0.25) is 5.78 Å². The molecular weight excluding hydrogens is 379 g/mol. The van der Waals surface area contributed by atoms with Gasteiger partial charge < -0.3 is 20.1 Å². The summed E-state index contributed by atoms with van der Waals surface area (Å²) in [6.07, 6.45) is 1.23. The molecule has 0 aromatic heterocycles. The first-order valence-corrected chi connectivity index (χ1v) is 8.47. The smallest absolute Gasteiger partial charge is 0.204 e. The number of carbonyl (C=O) groups is 1. The molecular formula is C19H12Cl2O5. The van der Waals surface area contributed by atoms with Crippen LogP contribution in [0.4, 0.5) is 0 Å². The third-order valence-electron chi connectivity index (χ3n) is 4.48. The van der Waals surface area contributed by atoms with Crippen LogP contribution in [0.3, 0.4) is 0 Å². The fourth-order valence-corrected chi connectivity index (χ4v) is 3.67. The number of aromatic hydroxyl groups is 2. The summed E-state index contributed by atoms with van der Waals surface area (Å²) < 4.78 is 5.77. The van der Waals surface area contributed by atoms with Crippen molar-refractivity contribution in [1.29, 1.82) is 0 Å². The number of hydrogen-bond acceptors (Lipinski definition) is 5. The number of phenolic OH excluding ortho intramolecular Hbond substituents is 2. The number of rotatable bonds is 1. The first-order chi connectivity index (χ1) is 12.4. The summed E-state index contributed by atoms with van der Waals surface area (Å²) in [5, 5.41) is 30.4. The minimum absolute atomic E-state index is 0.118. The maximum atomic E-state index is 11.9. The van der Waals surface area contributed by atoms with E-state index < -0.39 is 11.7 Å². The van der Waals surface area contributed by atoms with Crippen LogP contribution in [0.25, 0.3) is 0 Å². The number of carbonyl (C=O) groups excluding carboxylic acids is 1. The van der Waals surface area contributed by atoms with Crippen LogP contribution in [0.2, 0.25) is 10.0 Å². The van der Waals surface area contributed by atoms with Crippen molar-refractivity contribution in [2.24, 2.45) is 0 Å². The third-order valence-corrected chi connectivity index (χ3v) is 5.31. The normalized spacial score (nSPS) is 18.8. The largest absolute Gasteiger partial charge is 0.504 e. The van der Waals surface area contributed by atoms with Gasteiger partial charge in [-0.3, -0.25) is 4.79 Å². The van der Waals surface area contributed by atoms with Gasteiger partial charge in [0.15, 0.2) is 17.3 Å². The molecule has 2 aromatic carbocycles. The van der Waals surface area contributed by atoms with Crippen LogP contribution in [-0.2, 0) is 4.79 Å². The number of benzene rings is 2. The summed E-state index contributed by atoms with van der Waals surface area (Å²) in [5.74, 6) is -1.40. The number of ether oxygens (including phenoxy) is 1. The second-order valence-corrected chi connectivity index (χ2v) is 6.85. The van der Waals surface area contributed by atoms with E-state index in [1.165, 1.54) is 18.2 Å². The van der Waals surface area contributed by atoms with E-state index in [9.17, 15) is 20.1 Å². The van der Waals surface area contributed by atoms with Crippen molar-refractivity contribution in [2.75, 3.05) is 0 Å². The lowest BCUT2D eigenvalue weighted by Crippen LogP contribution is -2.22. The van der Waals surface area contributed by atoms with Gasteiger partial charge >= 0.3 is 0 Å². The number of Topliss-reactive ketones (excluding diaryl/α,β-unsaturated/α-hetero) is 1. The average molecular weight is 391 g/mol. The van der Waals surface area contributed by atoms with Crippen molar-refractivity contribution in [3.05, 3.63) is 74.7 Å². The summed E-state index contributed by atoms with van der Waals surface area (Å²) in [6, 6.07) is 7.80. The third kappa shape index (κ3) is 2.52. The number of halogens is 2. The monoisotopic (exact) mass is 390 g/mol. The van der Waals surface area contributed by atoms with Crippen molar-refractivity contribution in [1.82, 2.24) is 0 Å². The molecule has 5 nitrogen and oxygen atoms in total. The van der Waals surface area contributed by atoms with Gasteiger partial charge in [0.05, 0.1) is 16.5 Å². The van der Waals surface area contributed by atoms with Crippen LogP contribution < -0.4 is 4.74 Å². The molecule has 0 spiro atoms. The fourth-order valence-electron chi connectivity index (χ4n) is 3.25. The molecule has 0 saturated heterocycles. The number of phenols is 2. The average Bonchev–Trinajstić information content (AvgIpc) is 2.59. The van der Waals surface area contributed by atoms with Gasteiger partial charge in [-0.25, -0.2) is 0 Å². The maximum absolute atomic E-state index is 11.9. The lowest BCUT2D eigenvalue weighted by molar-refractivity contribution is -0.117. The van der Waals surface area contributed by atoms with E-state index in [4.69, 9.17) is 27.9 Å². The van der Waals surface area contributed by atoms with E-state index in [1.54, 1.807) is 18.2 Å². The van der Waals surface area contributed by atoms with Gasteiger partial charge in [0.1, 0.15) is 11.5 Å². The van der Waals surface area contributed by atoms with E-state index in [2.05, 4.69) is 0 Å². The molecule has 0 bridgehead atoms. The Labute approximate surface area is 158 Å². The van der Waals surface area contributed by atoms with Crippen molar-refractivity contribution < 1.29 is 24.9 Å². The molecule has 132 valence electrons. The van der Waals surface area contributed by atoms with Gasteiger partial charge in [-0.2, -0.15) is 0 Å². The second kappa shape index (κ2) is 5.97. The molecule has 7 heteroatoms. The van der Waals surface area contributed by atoms with E-state index in [-0.39, 0.29) is 23.7 Å². The summed E-state index contributed by atoms with van der Waals surface area (Å²) in [5.41, 5.74) is 1.70. The molecule has 26 heavy (non-hydrogen) atoms. The van der Waals surface area contributed by atoms with Gasteiger partial charge in [0, 0.05) is 23.1 Å². The van der Waals surface area contributed by atoms with Crippen LogP contribution in [0.1, 0.15) is 23.5 Å². The summed E-state index contributed by atoms with van der Waals surface area (Å²) >= 11 is 12.6. The Bertz CT molecular complexity index is 1020. The predicted octanol–water partition coefficient (Wildman–Crippen LogP) is 4.60. The number of allylic oxidation sites excluding steroid dienone is 4. The van der Waals surface area contributed by atoms with Crippen molar-refractivity contribution >= 4 is 29.0 Å². The highest BCUT2D eigenvalue weighted by atomic mass is 35.5. The molecule has 1 aliphatic heterocycles. The Morgan fingerprint density at radius 3 is 2.54 bits per heavy atom. The van der Waals surface area contributed by atoms with Crippen molar-refractivity contribution in [3.8, 4) is 17.2 Å². The summed E-state index contributed by atoms with van der Waals surface area (Å²) in [7, 11) is 0. The first-order valence-electron chi connectivity index (χ1n) is 7.71. The topological polar surface area (TPSA) is 87.0 Å². The summed E-state index contributed by atoms with van der Waals surface area (Å²) in [6.45, 7) is 0. The zero-order valence-electron chi connectivity index (χ0n) is 13.2. The van der Waals surface area contributed by atoms with Crippen molar-refractivity contribution in [3.63, 3.8) is 0 Å². The minimum Gasteiger partial charge on any atom is -0.504 e. The van der Waals surface area contributed by atoms with Gasteiger partial charge in [-0.1, -0.05) is 35.3 Å². The summed E-state index contributed by atoms with van der Waals surface area (Å²) in [4.78, 5) is 11.9. The quantitative estimate of drug-likeness (QED) is 0.619. The highest BCUT2D eigenvalue weighted by molar-refractivity contribution is 6.42. The number of hydrogen-bond donors (Lipinski definition) is 3.